The quantitative estimate of drug-likeness (QED) is 0.546. The number of halogens is 2. The van der Waals surface area contributed by atoms with E-state index >= 15 is 0 Å². The smallest absolute Gasteiger partial charge is 0.358 e. The molecule has 2 aromatic carbocycles. The van der Waals surface area contributed by atoms with Crippen LogP contribution in [0.3, 0.4) is 0 Å². The van der Waals surface area contributed by atoms with Gasteiger partial charge in [0.15, 0.2) is 11.4 Å². The Bertz CT molecular complexity index is 1200. The Balaban J connectivity index is 1.93. The van der Waals surface area contributed by atoms with Crippen molar-refractivity contribution in [1.29, 1.82) is 0 Å². The van der Waals surface area contributed by atoms with Crippen LogP contribution in [-0.4, -0.2) is 20.9 Å². The summed E-state index contributed by atoms with van der Waals surface area (Å²) in [5, 5.41) is 20.4. The Labute approximate surface area is 179 Å². The lowest BCUT2D eigenvalue weighted by Crippen LogP contribution is -2.28. The Morgan fingerprint density at radius 2 is 1.90 bits per heavy atom. The number of aromatic nitrogens is 1. The molecule has 0 bridgehead atoms. The van der Waals surface area contributed by atoms with Crippen LogP contribution in [0.5, 0.6) is 5.75 Å². The molecule has 1 aromatic heterocycles. The Morgan fingerprint density at radius 3 is 2.66 bits per heavy atom. The minimum Gasteiger partial charge on any atom is -0.502 e. The zero-order chi connectivity index (χ0) is 20.7. The average molecular weight is 449 g/mol. The average Bonchev–Trinajstić information content (AvgIpc) is 2.85. The van der Waals surface area contributed by atoms with Crippen molar-refractivity contribution in [2.24, 2.45) is 0 Å². The number of hydrogen-bond acceptors (Lipinski definition) is 5. The molecule has 3 N–H and O–H groups in total. The summed E-state index contributed by atoms with van der Waals surface area (Å²) in [6, 6.07) is 11.9. The molecular weight excluding hydrogens is 435 g/mol. The molecule has 2 heterocycles. The molecule has 0 spiro atoms. The number of carboxylic acids is 1. The maximum Gasteiger partial charge on any atom is 0.358 e. The third-order valence-corrected chi connectivity index (χ3v) is 6.77. The van der Waals surface area contributed by atoms with Gasteiger partial charge in [0.2, 0.25) is 5.43 Å². The molecule has 0 radical (unpaired) electrons. The van der Waals surface area contributed by atoms with E-state index in [1.807, 2.05) is 30.3 Å². The lowest BCUT2D eigenvalue weighted by atomic mass is 9.95. The van der Waals surface area contributed by atoms with Crippen LogP contribution in [0.2, 0.25) is 10.0 Å². The van der Waals surface area contributed by atoms with E-state index in [1.165, 1.54) is 6.20 Å². The molecule has 0 amide bonds. The minimum atomic E-state index is -1.43. The number of aromatic hydroxyl groups is 1. The van der Waals surface area contributed by atoms with Gasteiger partial charge in [0.1, 0.15) is 0 Å². The summed E-state index contributed by atoms with van der Waals surface area (Å²) in [5.74, 6) is -1.61. The van der Waals surface area contributed by atoms with Crippen LogP contribution in [0.25, 0.3) is 0 Å². The molecule has 0 saturated carbocycles. The van der Waals surface area contributed by atoms with E-state index in [9.17, 15) is 19.8 Å². The second-order valence-corrected chi connectivity index (χ2v) is 8.15. The first-order valence-electron chi connectivity index (χ1n) is 8.51. The number of carboxylic acid groups (broad SMARTS) is 1. The number of rotatable bonds is 3. The molecule has 29 heavy (non-hydrogen) atoms. The van der Waals surface area contributed by atoms with Crippen LogP contribution >= 0.6 is 35.0 Å². The first-order valence-corrected chi connectivity index (χ1v) is 10.3. The number of fused-ring (bicyclic) bond motifs is 2. The zero-order valence-corrected chi connectivity index (χ0v) is 17.1. The van der Waals surface area contributed by atoms with Gasteiger partial charge in [0, 0.05) is 22.9 Å². The SMILES string of the molecule is O=C(O)c1c(O)c(=O)ccn1NC1c2ccccc2CSc2c1ccc(Cl)c2Cl. The molecule has 1 aliphatic rings. The summed E-state index contributed by atoms with van der Waals surface area (Å²) in [6.45, 7) is 0. The third kappa shape index (κ3) is 3.46. The normalized spacial score (nSPS) is 15.2. The molecular formula is C20H14Cl2N2O4S. The van der Waals surface area contributed by atoms with E-state index in [1.54, 1.807) is 17.8 Å². The van der Waals surface area contributed by atoms with Crippen LogP contribution in [0.15, 0.2) is 58.4 Å². The van der Waals surface area contributed by atoms with Crippen molar-refractivity contribution in [3.63, 3.8) is 0 Å². The molecule has 4 rings (SSSR count). The van der Waals surface area contributed by atoms with Crippen LogP contribution < -0.4 is 10.9 Å². The van der Waals surface area contributed by atoms with E-state index in [0.29, 0.717) is 15.8 Å². The van der Waals surface area contributed by atoms with Crippen LogP contribution in [-0.2, 0) is 5.75 Å². The number of nitrogens with one attached hydrogen (secondary N) is 1. The van der Waals surface area contributed by atoms with Gasteiger partial charge in [-0.15, -0.1) is 11.8 Å². The molecule has 0 aliphatic carbocycles. The lowest BCUT2D eigenvalue weighted by Gasteiger charge is -2.25. The van der Waals surface area contributed by atoms with Gasteiger partial charge in [0.25, 0.3) is 0 Å². The molecule has 1 unspecified atom stereocenters. The van der Waals surface area contributed by atoms with Crippen molar-refractivity contribution < 1.29 is 15.0 Å². The molecule has 0 saturated heterocycles. The first-order chi connectivity index (χ1) is 13.9. The van der Waals surface area contributed by atoms with Crippen molar-refractivity contribution in [3.8, 4) is 5.75 Å². The molecule has 3 aromatic rings. The van der Waals surface area contributed by atoms with Gasteiger partial charge in [-0.2, -0.15) is 0 Å². The Kier molecular flexibility index (Phi) is 5.21. The van der Waals surface area contributed by atoms with Crippen LogP contribution in [0, 0.1) is 0 Å². The van der Waals surface area contributed by atoms with Gasteiger partial charge in [-0.3, -0.25) is 9.47 Å². The highest BCUT2D eigenvalue weighted by molar-refractivity contribution is 7.98. The highest BCUT2D eigenvalue weighted by atomic mass is 35.5. The maximum atomic E-state index is 11.7. The summed E-state index contributed by atoms with van der Waals surface area (Å²) >= 11 is 14.2. The van der Waals surface area contributed by atoms with Crippen molar-refractivity contribution in [3.05, 3.63) is 91.3 Å². The largest absolute Gasteiger partial charge is 0.502 e. The number of aromatic carboxylic acids is 1. The topological polar surface area (TPSA) is 91.6 Å². The van der Waals surface area contributed by atoms with Crippen molar-refractivity contribution in [2.45, 2.75) is 16.7 Å². The molecule has 148 valence electrons. The molecule has 1 atom stereocenters. The number of benzene rings is 2. The van der Waals surface area contributed by atoms with Crippen molar-refractivity contribution >= 4 is 40.9 Å². The summed E-state index contributed by atoms with van der Waals surface area (Å²) in [7, 11) is 0. The summed E-state index contributed by atoms with van der Waals surface area (Å²) in [5.41, 5.74) is 4.58. The Hall–Kier alpha value is -2.61. The molecule has 6 nitrogen and oxygen atoms in total. The lowest BCUT2D eigenvalue weighted by molar-refractivity contribution is 0.0681. The fraction of sp³-hybridized carbons (Fsp3) is 0.100. The van der Waals surface area contributed by atoms with E-state index < -0.39 is 28.9 Å². The standard InChI is InChI=1S/C20H14Cl2N2O4S/c21-13-6-5-12-16(23-24-8-7-14(25)18(26)17(24)20(27)28)11-4-2-1-3-10(11)9-29-19(12)15(13)22/h1-8,16,23,26H,9H2,(H,27,28). The number of thioether (sulfide) groups is 1. The monoisotopic (exact) mass is 448 g/mol. The second-order valence-electron chi connectivity index (χ2n) is 6.38. The van der Waals surface area contributed by atoms with E-state index in [2.05, 4.69) is 5.43 Å². The van der Waals surface area contributed by atoms with Crippen molar-refractivity contribution in [1.82, 2.24) is 4.68 Å². The van der Waals surface area contributed by atoms with E-state index in [4.69, 9.17) is 23.2 Å². The fourth-order valence-corrected chi connectivity index (χ4v) is 5.00. The molecule has 9 heteroatoms. The van der Waals surface area contributed by atoms with Crippen molar-refractivity contribution in [2.75, 3.05) is 5.43 Å². The zero-order valence-electron chi connectivity index (χ0n) is 14.7. The predicted octanol–water partition coefficient (Wildman–Crippen LogP) is 4.50. The van der Waals surface area contributed by atoms with E-state index in [-0.39, 0.29) is 0 Å². The fourth-order valence-electron chi connectivity index (χ4n) is 3.30. The van der Waals surface area contributed by atoms with Gasteiger partial charge < -0.3 is 15.6 Å². The summed E-state index contributed by atoms with van der Waals surface area (Å²) in [4.78, 5) is 24.2. The highest BCUT2D eigenvalue weighted by Crippen LogP contribution is 2.45. The highest BCUT2D eigenvalue weighted by Gasteiger charge is 2.28. The predicted molar refractivity (Wildman–Crippen MR) is 113 cm³/mol. The first kappa shape index (κ1) is 19.7. The third-order valence-electron chi connectivity index (χ3n) is 4.67. The number of carbonyl (C=O) groups is 1. The summed E-state index contributed by atoms with van der Waals surface area (Å²) in [6.07, 6.45) is 1.28. The van der Waals surface area contributed by atoms with Gasteiger partial charge in [0.05, 0.1) is 16.1 Å². The molecule has 1 aliphatic heterocycles. The van der Waals surface area contributed by atoms with Gasteiger partial charge in [-0.1, -0.05) is 53.5 Å². The number of nitrogens with zero attached hydrogens (tertiary/aromatic N) is 1. The van der Waals surface area contributed by atoms with E-state index in [0.717, 1.165) is 32.3 Å². The second kappa shape index (κ2) is 7.67. The van der Waals surface area contributed by atoms with Crippen LogP contribution in [0.1, 0.15) is 33.2 Å². The minimum absolute atomic E-state index is 0.426. The van der Waals surface area contributed by atoms with Gasteiger partial charge in [-0.05, 0) is 22.8 Å². The maximum absolute atomic E-state index is 11.7. The summed E-state index contributed by atoms with van der Waals surface area (Å²) < 4.78 is 1.14. The molecule has 0 fully saturated rings. The number of hydrogen-bond donors (Lipinski definition) is 3. The Morgan fingerprint density at radius 1 is 1.14 bits per heavy atom. The van der Waals surface area contributed by atoms with Crippen LogP contribution in [0.4, 0.5) is 0 Å². The van der Waals surface area contributed by atoms with Gasteiger partial charge in [-0.25, -0.2) is 4.79 Å². The number of pyridine rings is 1. The van der Waals surface area contributed by atoms with Gasteiger partial charge >= 0.3 is 5.97 Å².